The van der Waals surface area contributed by atoms with Gasteiger partial charge in [-0.15, -0.1) is 12.4 Å². The van der Waals surface area contributed by atoms with Gasteiger partial charge in [0.15, 0.2) is 0 Å². The van der Waals surface area contributed by atoms with Gasteiger partial charge in [-0.2, -0.15) is 4.31 Å². The van der Waals surface area contributed by atoms with Crippen LogP contribution >= 0.6 is 35.6 Å². The Labute approximate surface area is 141 Å². The summed E-state index contributed by atoms with van der Waals surface area (Å²) in [6, 6.07) is 4.92. The van der Waals surface area contributed by atoms with Crippen molar-refractivity contribution in [3.05, 3.63) is 28.2 Å². The van der Waals surface area contributed by atoms with Gasteiger partial charge in [-0.1, -0.05) is 23.2 Å². The van der Waals surface area contributed by atoms with Gasteiger partial charge in [-0.3, -0.25) is 0 Å². The highest BCUT2D eigenvalue weighted by Crippen LogP contribution is 2.30. The van der Waals surface area contributed by atoms with Gasteiger partial charge in [0.05, 0.1) is 4.90 Å². The molecule has 2 atom stereocenters. The molecule has 2 aliphatic rings. The van der Waals surface area contributed by atoms with E-state index in [0.717, 1.165) is 19.4 Å². The zero-order valence-electron chi connectivity index (χ0n) is 11.3. The van der Waals surface area contributed by atoms with Crippen LogP contribution in [0.3, 0.4) is 0 Å². The fourth-order valence-corrected chi connectivity index (χ4v) is 5.30. The van der Waals surface area contributed by atoms with Crippen molar-refractivity contribution >= 4 is 45.6 Å². The van der Waals surface area contributed by atoms with E-state index in [1.54, 1.807) is 4.31 Å². The standard InChI is InChI=1S/C13H16Cl2N2O2S.ClH/c14-10-5-11(15)7-12(6-10)20(18,19)17-4-2-13-9(8-17)1-3-16-13;/h5-7,9,13,16H,1-4,8H2;1H. The van der Waals surface area contributed by atoms with E-state index in [2.05, 4.69) is 5.32 Å². The molecule has 1 aromatic rings. The number of hydrogen-bond donors (Lipinski definition) is 1. The molecule has 3 rings (SSSR count). The topological polar surface area (TPSA) is 49.4 Å². The van der Waals surface area contributed by atoms with Crippen LogP contribution in [0, 0.1) is 5.92 Å². The fourth-order valence-electron chi connectivity index (χ4n) is 3.06. The first-order chi connectivity index (χ1) is 9.46. The maximum absolute atomic E-state index is 12.7. The van der Waals surface area contributed by atoms with Gasteiger partial charge in [-0.05, 0) is 43.5 Å². The summed E-state index contributed by atoms with van der Waals surface area (Å²) < 4.78 is 26.9. The molecular weight excluding hydrogens is 355 g/mol. The molecule has 4 nitrogen and oxygen atoms in total. The number of fused-ring (bicyclic) bond motifs is 1. The van der Waals surface area contributed by atoms with Crippen LogP contribution in [-0.2, 0) is 10.0 Å². The van der Waals surface area contributed by atoms with E-state index in [1.807, 2.05) is 0 Å². The van der Waals surface area contributed by atoms with Crippen molar-refractivity contribution in [1.82, 2.24) is 9.62 Å². The molecular formula is C13H17Cl3N2O2S. The largest absolute Gasteiger partial charge is 0.314 e. The van der Waals surface area contributed by atoms with E-state index in [9.17, 15) is 8.42 Å². The molecule has 1 aromatic carbocycles. The Balaban J connectivity index is 0.00000161. The number of nitrogens with zero attached hydrogens (tertiary/aromatic N) is 1. The Morgan fingerprint density at radius 2 is 1.81 bits per heavy atom. The summed E-state index contributed by atoms with van der Waals surface area (Å²) in [4.78, 5) is 0.180. The predicted octanol–water partition coefficient (Wildman–Crippen LogP) is 2.79. The summed E-state index contributed by atoms with van der Waals surface area (Å²) in [5.41, 5.74) is 0. The third-order valence-corrected chi connectivity index (χ3v) is 6.37. The molecule has 2 fully saturated rings. The van der Waals surface area contributed by atoms with Crippen molar-refractivity contribution in [2.75, 3.05) is 19.6 Å². The highest BCUT2D eigenvalue weighted by atomic mass is 35.5. The van der Waals surface area contributed by atoms with Crippen LogP contribution in [0.1, 0.15) is 12.8 Å². The Morgan fingerprint density at radius 3 is 2.48 bits per heavy atom. The molecule has 2 unspecified atom stereocenters. The van der Waals surface area contributed by atoms with Crippen LogP contribution in [-0.4, -0.2) is 38.4 Å². The molecule has 0 amide bonds. The second-order valence-electron chi connectivity index (χ2n) is 5.37. The molecule has 0 radical (unpaired) electrons. The molecule has 0 aromatic heterocycles. The first-order valence-corrected chi connectivity index (χ1v) is 8.86. The summed E-state index contributed by atoms with van der Waals surface area (Å²) in [6.45, 7) is 2.09. The van der Waals surface area contributed by atoms with Gasteiger partial charge in [-0.25, -0.2) is 8.42 Å². The van der Waals surface area contributed by atoms with E-state index >= 15 is 0 Å². The lowest BCUT2D eigenvalue weighted by atomic mass is 9.95. The normalized spacial score (nSPS) is 26.2. The average Bonchev–Trinajstić information content (AvgIpc) is 2.84. The van der Waals surface area contributed by atoms with E-state index in [-0.39, 0.29) is 17.3 Å². The molecule has 1 N–H and O–H groups in total. The number of hydrogen-bond acceptors (Lipinski definition) is 3. The maximum Gasteiger partial charge on any atom is 0.243 e. The van der Waals surface area contributed by atoms with E-state index in [1.165, 1.54) is 18.2 Å². The second-order valence-corrected chi connectivity index (χ2v) is 8.18. The Bertz CT molecular complexity index is 604. The van der Waals surface area contributed by atoms with Crippen LogP contribution in [0.15, 0.2) is 23.1 Å². The number of rotatable bonds is 2. The lowest BCUT2D eigenvalue weighted by molar-refractivity contribution is 0.247. The van der Waals surface area contributed by atoms with Crippen LogP contribution in [0.5, 0.6) is 0 Å². The molecule has 2 heterocycles. The van der Waals surface area contributed by atoms with E-state index < -0.39 is 10.0 Å². The summed E-state index contributed by atoms with van der Waals surface area (Å²) >= 11 is 11.8. The van der Waals surface area contributed by atoms with Crippen molar-refractivity contribution in [2.24, 2.45) is 5.92 Å². The van der Waals surface area contributed by atoms with Gasteiger partial charge in [0.2, 0.25) is 10.0 Å². The number of piperidine rings is 1. The molecule has 118 valence electrons. The molecule has 8 heteroatoms. The third kappa shape index (κ3) is 3.49. The SMILES string of the molecule is Cl.O=S(=O)(c1cc(Cl)cc(Cl)c1)N1CCC2NCCC2C1. The Hall–Kier alpha value is -0.0400. The summed E-state index contributed by atoms with van der Waals surface area (Å²) in [6.07, 6.45) is 1.89. The van der Waals surface area contributed by atoms with Crippen LogP contribution in [0.2, 0.25) is 10.0 Å². The fraction of sp³-hybridized carbons (Fsp3) is 0.538. The lowest BCUT2D eigenvalue weighted by Crippen LogP contribution is -2.46. The van der Waals surface area contributed by atoms with Gasteiger partial charge >= 0.3 is 0 Å². The van der Waals surface area contributed by atoms with Crippen LogP contribution in [0.25, 0.3) is 0 Å². The number of halogens is 3. The average molecular weight is 372 g/mol. The Morgan fingerprint density at radius 1 is 1.14 bits per heavy atom. The second kappa shape index (κ2) is 6.60. The zero-order chi connectivity index (χ0) is 14.3. The first-order valence-electron chi connectivity index (χ1n) is 6.66. The van der Waals surface area contributed by atoms with Crippen molar-refractivity contribution in [2.45, 2.75) is 23.8 Å². The molecule has 0 spiro atoms. The van der Waals surface area contributed by atoms with Crippen LogP contribution in [0.4, 0.5) is 0 Å². The minimum Gasteiger partial charge on any atom is -0.314 e. The number of nitrogens with one attached hydrogen (secondary N) is 1. The monoisotopic (exact) mass is 370 g/mol. The summed E-state index contributed by atoms with van der Waals surface area (Å²) in [5.74, 6) is 0.410. The maximum atomic E-state index is 12.7. The summed E-state index contributed by atoms with van der Waals surface area (Å²) in [5, 5.41) is 4.11. The van der Waals surface area contributed by atoms with Crippen molar-refractivity contribution in [3.63, 3.8) is 0 Å². The Kier molecular flexibility index (Phi) is 5.45. The number of sulfonamides is 1. The minimum atomic E-state index is -3.51. The highest BCUT2D eigenvalue weighted by molar-refractivity contribution is 7.89. The third-order valence-electron chi connectivity index (χ3n) is 4.09. The van der Waals surface area contributed by atoms with E-state index in [0.29, 0.717) is 35.1 Å². The van der Waals surface area contributed by atoms with Crippen molar-refractivity contribution in [1.29, 1.82) is 0 Å². The van der Waals surface area contributed by atoms with E-state index in [4.69, 9.17) is 23.2 Å². The smallest absolute Gasteiger partial charge is 0.243 e. The molecule has 0 aliphatic carbocycles. The van der Waals surface area contributed by atoms with Crippen molar-refractivity contribution < 1.29 is 8.42 Å². The molecule has 2 aliphatic heterocycles. The molecule has 2 saturated heterocycles. The molecule has 0 bridgehead atoms. The van der Waals surface area contributed by atoms with Crippen LogP contribution < -0.4 is 5.32 Å². The van der Waals surface area contributed by atoms with Crippen molar-refractivity contribution in [3.8, 4) is 0 Å². The minimum absolute atomic E-state index is 0. The highest BCUT2D eigenvalue weighted by Gasteiger charge is 2.37. The number of benzene rings is 1. The summed E-state index contributed by atoms with van der Waals surface area (Å²) in [7, 11) is -3.51. The predicted molar refractivity (Wildman–Crippen MR) is 87.0 cm³/mol. The van der Waals surface area contributed by atoms with Gasteiger partial charge in [0, 0.05) is 29.2 Å². The lowest BCUT2D eigenvalue weighted by Gasteiger charge is -2.34. The first kappa shape index (κ1) is 17.3. The quantitative estimate of drug-likeness (QED) is 0.869. The molecule has 0 saturated carbocycles. The van der Waals surface area contributed by atoms with Gasteiger partial charge < -0.3 is 5.32 Å². The van der Waals surface area contributed by atoms with Gasteiger partial charge in [0.25, 0.3) is 0 Å². The zero-order valence-corrected chi connectivity index (χ0v) is 14.4. The molecule has 21 heavy (non-hydrogen) atoms. The van der Waals surface area contributed by atoms with Gasteiger partial charge in [0.1, 0.15) is 0 Å².